The Morgan fingerprint density at radius 1 is 1.10 bits per heavy atom. The maximum atomic E-state index is 12.4. The van der Waals surface area contributed by atoms with Gasteiger partial charge in [0.2, 0.25) is 0 Å². The number of carbonyl (C=O) groups excluding carboxylic acids is 2. The number of rotatable bonds is 3. The first-order valence-electron chi connectivity index (χ1n) is 9.23. The fraction of sp³-hybridized carbons (Fsp3) is 0.227. The molecule has 152 valence electrons. The standard InChI is InChI=1S/C18H15N3O2.C3H7N.CH4O/c1-11-6-7-15-16(20-11)12(10-19-15)8-9-21-17(22)13-4-2-3-5-14(13)18(21)23;1-2-3-4;1-2/h2-7,10,19H,8-9H2,1H3;2-3H,4H2,1H3;2H,1H3/b;3-2+;. The molecule has 0 bridgehead atoms. The molecule has 1 aliphatic rings. The van der Waals surface area contributed by atoms with Crippen LogP contribution in [-0.4, -0.2) is 45.4 Å². The van der Waals surface area contributed by atoms with Gasteiger partial charge in [-0.3, -0.25) is 19.5 Å². The van der Waals surface area contributed by atoms with Crippen molar-refractivity contribution in [2.75, 3.05) is 13.7 Å². The number of nitrogens with two attached hydrogens (primary N) is 1. The first-order valence-corrected chi connectivity index (χ1v) is 9.23. The predicted molar refractivity (Wildman–Crippen MR) is 113 cm³/mol. The van der Waals surface area contributed by atoms with E-state index in [0.29, 0.717) is 24.1 Å². The zero-order valence-electron chi connectivity index (χ0n) is 16.8. The summed E-state index contributed by atoms with van der Waals surface area (Å²) in [6.07, 6.45) is 5.76. The summed E-state index contributed by atoms with van der Waals surface area (Å²) in [5, 5.41) is 7.00. The molecule has 0 unspecified atom stereocenters. The molecule has 1 aliphatic heterocycles. The minimum absolute atomic E-state index is 0.213. The van der Waals surface area contributed by atoms with Gasteiger partial charge in [0, 0.05) is 25.5 Å². The number of amides is 2. The lowest BCUT2D eigenvalue weighted by Gasteiger charge is -2.13. The molecule has 0 saturated heterocycles. The Kier molecular flexibility index (Phi) is 7.68. The Hall–Kier alpha value is -3.45. The molecule has 29 heavy (non-hydrogen) atoms. The second-order valence-corrected chi connectivity index (χ2v) is 6.25. The zero-order valence-corrected chi connectivity index (χ0v) is 16.8. The largest absolute Gasteiger partial charge is 0.405 e. The minimum atomic E-state index is -0.213. The number of allylic oxidation sites excluding steroid dienone is 1. The van der Waals surface area contributed by atoms with E-state index < -0.39 is 0 Å². The molecule has 0 aliphatic carbocycles. The zero-order chi connectivity index (χ0) is 21.4. The van der Waals surface area contributed by atoms with E-state index in [1.165, 1.54) is 11.1 Å². The van der Waals surface area contributed by atoms with Crippen LogP contribution < -0.4 is 5.73 Å². The molecule has 3 heterocycles. The monoisotopic (exact) mass is 394 g/mol. The lowest BCUT2D eigenvalue weighted by molar-refractivity contribution is 0.0656. The Morgan fingerprint density at radius 3 is 2.24 bits per heavy atom. The van der Waals surface area contributed by atoms with Crippen LogP contribution >= 0.6 is 0 Å². The molecular formula is C22H26N4O3. The Bertz CT molecular complexity index is 985. The quantitative estimate of drug-likeness (QED) is 0.591. The van der Waals surface area contributed by atoms with E-state index in [1.807, 2.05) is 32.2 Å². The third-order valence-electron chi connectivity index (χ3n) is 4.42. The van der Waals surface area contributed by atoms with Crippen molar-refractivity contribution in [1.82, 2.24) is 14.9 Å². The molecule has 0 saturated carbocycles. The molecule has 3 aromatic rings. The molecule has 0 fully saturated rings. The van der Waals surface area contributed by atoms with E-state index >= 15 is 0 Å². The van der Waals surface area contributed by atoms with Crippen LogP contribution in [-0.2, 0) is 6.42 Å². The van der Waals surface area contributed by atoms with Crippen LogP contribution in [0.2, 0.25) is 0 Å². The van der Waals surface area contributed by atoms with Gasteiger partial charge in [-0.05, 0) is 56.3 Å². The van der Waals surface area contributed by atoms with Crippen molar-refractivity contribution in [2.45, 2.75) is 20.3 Å². The van der Waals surface area contributed by atoms with Gasteiger partial charge >= 0.3 is 0 Å². The van der Waals surface area contributed by atoms with Crippen molar-refractivity contribution < 1.29 is 14.7 Å². The van der Waals surface area contributed by atoms with Crippen molar-refractivity contribution >= 4 is 22.8 Å². The van der Waals surface area contributed by atoms with Gasteiger partial charge in [0.05, 0.1) is 22.2 Å². The van der Waals surface area contributed by atoms with Gasteiger partial charge < -0.3 is 15.8 Å². The van der Waals surface area contributed by atoms with E-state index in [2.05, 4.69) is 9.97 Å². The number of aliphatic hydroxyl groups excluding tert-OH is 1. The SMILES string of the molecule is C/C=C/N.CO.Cc1ccc2[nH]cc(CCN3C(=O)c4ccccc4C3=O)c2n1. The number of hydrogen-bond acceptors (Lipinski definition) is 5. The molecule has 4 N–H and O–H groups in total. The van der Waals surface area contributed by atoms with Crippen LogP contribution in [0.3, 0.4) is 0 Å². The summed E-state index contributed by atoms with van der Waals surface area (Å²) in [6, 6.07) is 10.9. The molecule has 1 aromatic carbocycles. The maximum absolute atomic E-state index is 12.4. The van der Waals surface area contributed by atoms with Gasteiger partial charge in [-0.25, -0.2) is 0 Å². The first-order chi connectivity index (χ1) is 14.1. The summed E-state index contributed by atoms with van der Waals surface area (Å²) in [4.78, 5) is 33.8. The lowest BCUT2D eigenvalue weighted by atomic mass is 10.1. The van der Waals surface area contributed by atoms with Crippen LogP contribution in [0.25, 0.3) is 11.0 Å². The second-order valence-electron chi connectivity index (χ2n) is 6.25. The molecule has 2 aromatic heterocycles. The molecule has 0 atom stereocenters. The van der Waals surface area contributed by atoms with Gasteiger partial charge in [0.25, 0.3) is 11.8 Å². The summed E-state index contributed by atoms with van der Waals surface area (Å²) in [7, 11) is 1.00. The van der Waals surface area contributed by atoms with Crippen molar-refractivity contribution in [3.63, 3.8) is 0 Å². The van der Waals surface area contributed by atoms with E-state index in [1.54, 1.807) is 30.3 Å². The third-order valence-corrected chi connectivity index (χ3v) is 4.42. The number of fused-ring (bicyclic) bond motifs is 2. The highest BCUT2D eigenvalue weighted by Crippen LogP contribution is 2.23. The van der Waals surface area contributed by atoms with Gasteiger partial charge in [0.1, 0.15) is 0 Å². The molecule has 0 radical (unpaired) electrons. The number of aryl methyl sites for hydroxylation is 1. The summed E-state index contributed by atoms with van der Waals surface area (Å²) in [6.45, 7) is 4.18. The average Bonchev–Trinajstić information content (AvgIpc) is 3.27. The fourth-order valence-electron chi connectivity index (χ4n) is 3.02. The Balaban J connectivity index is 0.000000449. The van der Waals surface area contributed by atoms with Gasteiger partial charge in [-0.15, -0.1) is 0 Å². The molecule has 7 heteroatoms. The van der Waals surface area contributed by atoms with E-state index in [9.17, 15) is 9.59 Å². The summed E-state index contributed by atoms with van der Waals surface area (Å²) in [5.41, 5.74) is 9.66. The predicted octanol–water partition coefficient (Wildman–Crippen LogP) is 2.80. The van der Waals surface area contributed by atoms with Crippen molar-refractivity contribution in [3.8, 4) is 0 Å². The number of nitrogens with one attached hydrogen (secondary N) is 1. The van der Waals surface area contributed by atoms with Gasteiger partial charge in [-0.1, -0.05) is 18.2 Å². The molecular weight excluding hydrogens is 368 g/mol. The Morgan fingerprint density at radius 2 is 1.69 bits per heavy atom. The number of H-pyrrole nitrogens is 1. The third kappa shape index (κ3) is 4.70. The number of imide groups is 1. The van der Waals surface area contributed by atoms with Crippen LogP contribution in [0, 0.1) is 6.92 Å². The smallest absolute Gasteiger partial charge is 0.261 e. The molecule has 7 nitrogen and oxygen atoms in total. The van der Waals surface area contributed by atoms with Crippen LogP contribution in [0.4, 0.5) is 0 Å². The number of hydrogen-bond donors (Lipinski definition) is 3. The van der Waals surface area contributed by atoms with Gasteiger partial charge in [0.15, 0.2) is 0 Å². The topological polar surface area (TPSA) is 112 Å². The van der Waals surface area contributed by atoms with E-state index in [4.69, 9.17) is 10.8 Å². The van der Waals surface area contributed by atoms with Crippen molar-refractivity contribution in [3.05, 3.63) is 77.3 Å². The maximum Gasteiger partial charge on any atom is 0.261 e. The summed E-state index contributed by atoms with van der Waals surface area (Å²) in [5.74, 6) is -0.427. The van der Waals surface area contributed by atoms with Crippen LogP contribution in [0.5, 0.6) is 0 Å². The number of nitrogens with zero attached hydrogens (tertiary/aromatic N) is 2. The van der Waals surface area contributed by atoms with Crippen LogP contribution in [0.15, 0.2) is 54.9 Å². The number of aliphatic hydroxyl groups is 1. The van der Waals surface area contributed by atoms with Crippen molar-refractivity contribution in [1.29, 1.82) is 0 Å². The number of aromatic nitrogens is 2. The second kappa shape index (κ2) is 10.2. The summed E-state index contributed by atoms with van der Waals surface area (Å²) < 4.78 is 0. The Labute approximate surface area is 169 Å². The number of benzene rings is 1. The molecule has 2 amide bonds. The van der Waals surface area contributed by atoms with Crippen molar-refractivity contribution in [2.24, 2.45) is 5.73 Å². The highest BCUT2D eigenvalue weighted by atomic mass is 16.2. The molecule has 4 rings (SSSR count). The highest BCUT2D eigenvalue weighted by Gasteiger charge is 2.34. The average molecular weight is 394 g/mol. The minimum Gasteiger partial charge on any atom is -0.405 e. The first kappa shape index (κ1) is 21.8. The number of aromatic amines is 1. The number of pyridine rings is 1. The lowest BCUT2D eigenvalue weighted by Crippen LogP contribution is -2.31. The number of carbonyl (C=O) groups is 2. The van der Waals surface area contributed by atoms with E-state index in [-0.39, 0.29) is 11.8 Å². The van der Waals surface area contributed by atoms with E-state index in [0.717, 1.165) is 29.4 Å². The normalized spacial score (nSPS) is 12.5. The highest BCUT2D eigenvalue weighted by molar-refractivity contribution is 6.21. The van der Waals surface area contributed by atoms with Crippen LogP contribution in [0.1, 0.15) is 38.9 Å². The van der Waals surface area contributed by atoms with Gasteiger partial charge in [-0.2, -0.15) is 0 Å². The summed E-state index contributed by atoms with van der Waals surface area (Å²) >= 11 is 0. The fourth-order valence-corrected chi connectivity index (χ4v) is 3.02. The molecule has 0 spiro atoms.